The van der Waals surface area contributed by atoms with Gasteiger partial charge in [-0.05, 0) is 36.8 Å². The molecule has 0 aliphatic carbocycles. The fourth-order valence-electron chi connectivity index (χ4n) is 2.73. The minimum atomic E-state index is 0.328. The van der Waals surface area contributed by atoms with Gasteiger partial charge in [0, 0.05) is 31.5 Å². The minimum Gasteiger partial charge on any atom is -0.358 e. The predicted molar refractivity (Wildman–Crippen MR) is 85.4 cm³/mol. The molecule has 0 bridgehead atoms. The Morgan fingerprint density at radius 2 is 2.00 bits per heavy atom. The van der Waals surface area contributed by atoms with Crippen molar-refractivity contribution in [2.45, 2.75) is 26.1 Å². The molecule has 1 aromatic heterocycles. The third-order valence-corrected chi connectivity index (χ3v) is 4.27. The van der Waals surface area contributed by atoms with Crippen molar-refractivity contribution in [3.05, 3.63) is 59.9 Å². The first-order chi connectivity index (χ1) is 9.75. The number of nitrogens with zero attached hydrogens (tertiary/aromatic N) is 2. The van der Waals surface area contributed by atoms with Crippen LogP contribution in [0, 0.1) is 0 Å². The maximum absolute atomic E-state index is 5.56. The van der Waals surface area contributed by atoms with E-state index in [1.54, 1.807) is 0 Å². The Bertz CT molecular complexity index is 591. The summed E-state index contributed by atoms with van der Waals surface area (Å²) < 4.78 is 2.31. The second kappa shape index (κ2) is 5.67. The van der Waals surface area contributed by atoms with Gasteiger partial charge in [-0.3, -0.25) is 0 Å². The van der Waals surface area contributed by atoms with Crippen LogP contribution < -0.4 is 5.32 Å². The molecule has 0 saturated heterocycles. The fraction of sp³-hybridized carbons (Fsp3) is 0.312. The van der Waals surface area contributed by atoms with E-state index in [9.17, 15) is 0 Å². The molecule has 1 aliphatic rings. The number of hydrogen-bond acceptors (Lipinski definition) is 1. The van der Waals surface area contributed by atoms with Gasteiger partial charge in [-0.25, -0.2) is 0 Å². The maximum Gasteiger partial charge on any atom is 0.169 e. The lowest BCUT2D eigenvalue weighted by Gasteiger charge is -2.36. The van der Waals surface area contributed by atoms with E-state index in [1.165, 1.54) is 11.3 Å². The van der Waals surface area contributed by atoms with Crippen LogP contribution in [0.2, 0.25) is 0 Å². The normalized spacial score (nSPS) is 17.6. The summed E-state index contributed by atoms with van der Waals surface area (Å²) in [4.78, 5) is 2.27. The molecule has 0 amide bonds. The molecule has 1 N–H and O–H groups in total. The Balaban J connectivity index is 1.64. The maximum atomic E-state index is 5.56. The molecule has 1 atom stereocenters. The lowest BCUT2D eigenvalue weighted by atomic mass is 10.1. The van der Waals surface area contributed by atoms with Crippen molar-refractivity contribution in [2.75, 3.05) is 6.54 Å². The highest BCUT2D eigenvalue weighted by atomic mass is 32.1. The molecule has 2 heterocycles. The Hall–Kier alpha value is -1.81. The molecule has 1 aromatic carbocycles. The quantitative estimate of drug-likeness (QED) is 0.857. The largest absolute Gasteiger partial charge is 0.358 e. The molecule has 0 unspecified atom stereocenters. The molecule has 3 nitrogen and oxygen atoms in total. The fourth-order valence-corrected chi connectivity index (χ4v) is 3.05. The zero-order valence-electron chi connectivity index (χ0n) is 11.6. The zero-order valence-corrected chi connectivity index (χ0v) is 12.4. The van der Waals surface area contributed by atoms with Crippen LogP contribution in [-0.2, 0) is 13.1 Å². The number of rotatable bonds is 2. The Morgan fingerprint density at radius 3 is 2.80 bits per heavy atom. The number of hydrogen-bond donors (Lipinski definition) is 1. The van der Waals surface area contributed by atoms with Gasteiger partial charge in [0.25, 0.3) is 0 Å². The predicted octanol–water partition coefficient (Wildman–Crippen LogP) is 2.94. The van der Waals surface area contributed by atoms with Crippen LogP contribution in [0.15, 0.2) is 48.7 Å². The zero-order chi connectivity index (χ0) is 13.9. The molecule has 1 aliphatic heterocycles. The molecule has 0 saturated carbocycles. The molecule has 0 radical (unpaired) electrons. The standard InChI is InChI=1S/C16H19N3S/c1-13-15-8-5-9-18(15)10-11-19(13)16(20)17-12-14-6-3-2-4-7-14/h2-9,13H,10-12H2,1H3,(H,17,20)/t13-/m0/s1. The Kier molecular flexibility index (Phi) is 3.74. The van der Waals surface area contributed by atoms with E-state index in [4.69, 9.17) is 12.2 Å². The average molecular weight is 285 g/mol. The lowest BCUT2D eigenvalue weighted by molar-refractivity contribution is 0.269. The molecule has 3 rings (SSSR count). The van der Waals surface area contributed by atoms with E-state index in [0.29, 0.717) is 6.04 Å². The first-order valence-corrected chi connectivity index (χ1v) is 7.40. The second-order valence-corrected chi connectivity index (χ2v) is 5.53. The number of aromatic nitrogens is 1. The van der Waals surface area contributed by atoms with Crippen LogP contribution in [0.25, 0.3) is 0 Å². The van der Waals surface area contributed by atoms with Gasteiger partial charge < -0.3 is 14.8 Å². The van der Waals surface area contributed by atoms with Gasteiger partial charge in [-0.1, -0.05) is 30.3 Å². The van der Waals surface area contributed by atoms with Gasteiger partial charge in [0.2, 0.25) is 0 Å². The molecule has 0 spiro atoms. The third kappa shape index (κ3) is 2.56. The highest BCUT2D eigenvalue weighted by Crippen LogP contribution is 2.25. The SMILES string of the molecule is C[C@H]1c2cccn2CCN1C(=S)NCc1ccccc1. The molecule has 2 aromatic rings. The topological polar surface area (TPSA) is 20.2 Å². The molecule has 20 heavy (non-hydrogen) atoms. The number of benzene rings is 1. The van der Waals surface area contributed by atoms with Gasteiger partial charge in [-0.2, -0.15) is 0 Å². The first-order valence-electron chi connectivity index (χ1n) is 6.99. The van der Waals surface area contributed by atoms with Crippen molar-refractivity contribution < 1.29 is 0 Å². The van der Waals surface area contributed by atoms with Crippen LogP contribution in [0.3, 0.4) is 0 Å². The van der Waals surface area contributed by atoms with E-state index in [-0.39, 0.29) is 0 Å². The van der Waals surface area contributed by atoms with E-state index < -0.39 is 0 Å². The van der Waals surface area contributed by atoms with Crippen LogP contribution in [0.1, 0.15) is 24.2 Å². The Labute approximate surface area is 125 Å². The molecule has 104 valence electrons. The van der Waals surface area contributed by atoms with Crippen molar-refractivity contribution in [1.29, 1.82) is 0 Å². The second-order valence-electron chi connectivity index (χ2n) is 5.14. The van der Waals surface area contributed by atoms with Crippen molar-refractivity contribution in [2.24, 2.45) is 0 Å². The van der Waals surface area contributed by atoms with Crippen LogP contribution in [0.4, 0.5) is 0 Å². The summed E-state index contributed by atoms with van der Waals surface area (Å²) in [5.74, 6) is 0. The summed E-state index contributed by atoms with van der Waals surface area (Å²) >= 11 is 5.56. The summed E-state index contributed by atoms with van der Waals surface area (Å²) in [6.45, 7) is 4.95. The number of thiocarbonyl (C=S) groups is 1. The van der Waals surface area contributed by atoms with E-state index in [2.05, 4.69) is 64.3 Å². The summed E-state index contributed by atoms with van der Waals surface area (Å²) in [6.07, 6.45) is 2.14. The average Bonchev–Trinajstić information content (AvgIpc) is 2.96. The first kappa shape index (κ1) is 13.2. The summed E-state index contributed by atoms with van der Waals surface area (Å²) in [6, 6.07) is 15.0. The van der Waals surface area contributed by atoms with Crippen molar-refractivity contribution in [3.63, 3.8) is 0 Å². The van der Waals surface area contributed by atoms with Gasteiger partial charge in [0.1, 0.15) is 0 Å². The van der Waals surface area contributed by atoms with Gasteiger partial charge >= 0.3 is 0 Å². The van der Waals surface area contributed by atoms with E-state index in [1.807, 2.05) is 6.07 Å². The summed E-state index contributed by atoms with van der Waals surface area (Å²) in [7, 11) is 0. The molecular weight excluding hydrogens is 266 g/mol. The molecule has 0 fully saturated rings. The number of fused-ring (bicyclic) bond motifs is 1. The smallest absolute Gasteiger partial charge is 0.169 e. The highest BCUT2D eigenvalue weighted by molar-refractivity contribution is 7.80. The van der Waals surface area contributed by atoms with Crippen LogP contribution in [0.5, 0.6) is 0 Å². The summed E-state index contributed by atoms with van der Waals surface area (Å²) in [5.41, 5.74) is 2.59. The highest BCUT2D eigenvalue weighted by Gasteiger charge is 2.24. The van der Waals surface area contributed by atoms with Crippen molar-refractivity contribution in [3.8, 4) is 0 Å². The third-order valence-electron chi connectivity index (χ3n) is 3.89. The van der Waals surface area contributed by atoms with Gasteiger partial charge in [0.15, 0.2) is 5.11 Å². The summed E-state index contributed by atoms with van der Waals surface area (Å²) in [5, 5.41) is 4.21. The van der Waals surface area contributed by atoms with Gasteiger partial charge in [0.05, 0.1) is 6.04 Å². The molecular formula is C16H19N3S. The van der Waals surface area contributed by atoms with Crippen LogP contribution >= 0.6 is 12.2 Å². The van der Waals surface area contributed by atoms with E-state index >= 15 is 0 Å². The monoisotopic (exact) mass is 285 g/mol. The van der Waals surface area contributed by atoms with Crippen LogP contribution in [-0.4, -0.2) is 21.1 Å². The Morgan fingerprint density at radius 1 is 1.20 bits per heavy atom. The number of nitrogens with one attached hydrogen (secondary N) is 1. The lowest BCUT2D eigenvalue weighted by Crippen LogP contribution is -2.45. The van der Waals surface area contributed by atoms with Crippen molar-refractivity contribution in [1.82, 2.24) is 14.8 Å². The molecule has 4 heteroatoms. The van der Waals surface area contributed by atoms with E-state index in [0.717, 1.165) is 24.7 Å². The minimum absolute atomic E-state index is 0.328. The van der Waals surface area contributed by atoms with Crippen molar-refractivity contribution >= 4 is 17.3 Å². The van der Waals surface area contributed by atoms with Gasteiger partial charge in [-0.15, -0.1) is 0 Å².